The molecule has 5 nitrogen and oxygen atoms in total. The number of imidazole rings is 2. The molecule has 331 valence electrons. The average molecular weight is 1010 g/mol. The molecule has 0 aliphatic rings. The van der Waals surface area contributed by atoms with E-state index in [1.807, 2.05) is 0 Å². The molecule has 0 fully saturated rings. The van der Waals surface area contributed by atoms with Crippen LogP contribution in [-0.2, 0) is 13.1 Å². The van der Waals surface area contributed by atoms with Crippen molar-refractivity contribution in [2.75, 3.05) is 0 Å². The molecule has 0 aliphatic heterocycles. The number of benzene rings is 2. The minimum absolute atomic E-state index is 0. The van der Waals surface area contributed by atoms with Crippen LogP contribution in [0.1, 0.15) is 194 Å². The molecule has 0 N–H and O–H groups in total. The molecule has 2 aromatic carbocycles. The smallest absolute Gasteiger partial charge is 1.00 e. The number of fused-ring (bicyclic) bond motifs is 2. The first-order valence-electron chi connectivity index (χ1n) is 23.7. The van der Waals surface area contributed by atoms with Crippen LogP contribution < -0.4 is 37.2 Å². The summed E-state index contributed by atoms with van der Waals surface area (Å²) in [6.45, 7) is 6.54. The van der Waals surface area contributed by atoms with Crippen molar-refractivity contribution < 1.29 is 78.1 Å². The fourth-order valence-electron chi connectivity index (χ4n) is 8.61. The number of hydrogen-bond donors (Lipinski definition) is 0. The van der Waals surface area contributed by atoms with Gasteiger partial charge in [-0.2, -0.15) is 0 Å². The summed E-state index contributed by atoms with van der Waals surface area (Å²) in [4.78, 5) is 15.6. The predicted molar refractivity (Wildman–Crippen MR) is 242 cm³/mol. The van der Waals surface area contributed by atoms with Crippen molar-refractivity contribution in [2.24, 2.45) is 0 Å². The maximum Gasteiger partial charge on any atom is 3.00 e. The summed E-state index contributed by atoms with van der Waals surface area (Å²) in [6, 6.07) is 23.6. The molecule has 3 heterocycles. The Balaban J connectivity index is 0.00000450. The van der Waals surface area contributed by atoms with Gasteiger partial charge in [0.25, 0.3) is 0 Å². The summed E-state index contributed by atoms with van der Waals surface area (Å²) in [5.74, 6) is 1.94. The van der Waals surface area contributed by atoms with Gasteiger partial charge >= 0.3 is 40.8 Å². The number of aromatic nitrogens is 5. The van der Waals surface area contributed by atoms with Crippen LogP contribution in [0.4, 0.5) is 0 Å². The second-order valence-electron chi connectivity index (χ2n) is 16.8. The molecular formula is C51H77Cl3N5Nd. The van der Waals surface area contributed by atoms with Gasteiger partial charge in [-0.25, -0.2) is 15.0 Å². The van der Waals surface area contributed by atoms with Gasteiger partial charge in [0.1, 0.15) is 11.4 Å². The van der Waals surface area contributed by atoms with Gasteiger partial charge in [0.2, 0.25) is 0 Å². The molecule has 60 heavy (non-hydrogen) atoms. The van der Waals surface area contributed by atoms with Gasteiger partial charge in [-0.05, 0) is 49.2 Å². The number of nitrogens with zero attached hydrogens (tertiary/aromatic N) is 5. The topological polar surface area (TPSA) is 48.5 Å². The number of pyridine rings is 1. The zero-order valence-corrected chi connectivity index (χ0v) is 42.9. The second-order valence-corrected chi connectivity index (χ2v) is 16.8. The van der Waals surface area contributed by atoms with Gasteiger partial charge in [-0.15, -0.1) is 0 Å². The zero-order valence-electron chi connectivity index (χ0n) is 37.4. The molecule has 0 spiro atoms. The van der Waals surface area contributed by atoms with Crippen LogP contribution in [-0.4, -0.2) is 24.1 Å². The van der Waals surface area contributed by atoms with E-state index in [0.29, 0.717) is 0 Å². The Bertz CT molecular complexity index is 1660. The molecule has 0 aliphatic carbocycles. The van der Waals surface area contributed by atoms with Gasteiger partial charge < -0.3 is 46.4 Å². The van der Waals surface area contributed by atoms with Gasteiger partial charge in [0.15, 0.2) is 11.6 Å². The van der Waals surface area contributed by atoms with Crippen LogP contribution in [0.5, 0.6) is 0 Å². The van der Waals surface area contributed by atoms with Gasteiger partial charge in [0, 0.05) is 13.1 Å². The number of para-hydroxylation sites is 4. The van der Waals surface area contributed by atoms with E-state index in [1.54, 1.807) is 0 Å². The number of unbranched alkanes of at least 4 members (excludes halogenated alkanes) is 26. The predicted octanol–water partition coefficient (Wildman–Crippen LogP) is 7.09. The minimum atomic E-state index is 0. The number of rotatable bonds is 32. The third-order valence-electron chi connectivity index (χ3n) is 12.0. The van der Waals surface area contributed by atoms with Crippen LogP contribution in [0, 0.1) is 40.8 Å². The van der Waals surface area contributed by atoms with Crippen LogP contribution in [0.15, 0.2) is 66.7 Å². The molecule has 0 saturated carbocycles. The Morgan fingerprint density at radius 2 is 0.617 bits per heavy atom. The summed E-state index contributed by atoms with van der Waals surface area (Å²) in [6.07, 6.45) is 38.5. The molecule has 0 unspecified atom stereocenters. The Hall–Kier alpha value is -1.25. The van der Waals surface area contributed by atoms with Crippen molar-refractivity contribution in [3.8, 4) is 23.0 Å². The van der Waals surface area contributed by atoms with Gasteiger partial charge in [-0.3, -0.25) is 0 Å². The van der Waals surface area contributed by atoms with E-state index >= 15 is 0 Å². The normalized spacial score (nSPS) is 11.0. The summed E-state index contributed by atoms with van der Waals surface area (Å²) < 4.78 is 4.83. The molecule has 1 radical (unpaired) electrons. The Morgan fingerprint density at radius 3 is 0.933 bits per heavy atom. The largest absolute Gasteiger partial charge is 3.00 e. The fraction of sp³-hybridized carbons (Fsp3) is 0.627. The molecule has 3 aromatic heterocycles. The SMILES string of the molecule is CCCCCCCCCCCCCCCCn1c(-c2cccc(-c3nc4ccccc4n3CCCCCCCCCCCCCCCC)n2)nc2ccccc21.[Cl-].[Cl-].[Cl-].[Nd+3]. The van der Waals surface area contributed by atoms with Crippen molar-refractivity contribution in [3.63, 3.8) is 0 Å². The van der Waals surface area contributed by atoms with Crippen molar-refractivity contribution in [2.45, 2.75) is 207 Å². The van der Waals surface area contributed by atoms with Crippen LogP contribution in [0.25, 0.3) is 45.1 Å². The van der Waals surface area contributed by atoms with Crippen molar-refractivity contribution in [1.29, 1.82) is 0 Å². The standard InChI is InChI=1S/C51H77N5.3ClH.Nd/c1-3-5-7-9-11-13-15-17-19-21-23-25-27-33-42-55-48-40-31-29-36-44(48)53-50(55)46-38-35-39-47(52-46)51-54-45-37-30-32-41-49(45)56(51)43-34-28-26-24-22-20-18-16-14-12-10-8-6-4-2;;;;/h29-32,35-41H,3-28,33-34,42-43H2,1-2H3;3*1H;/q;;;;+3/p-3. The fourth-order valence-corrected chi connectivity index (χ4v) is 8.61. The van der Waals surface area contributed by atoms with E-state index in [-0.39, 0.29) is 78.1 Å². The first-order valence-corrected chi connectivity index (χ1v) is 23.7. The summed E-state index contributed by atoms with van der Waals surface area (Å²) in [7, 11) is 0. The summed E-state index contributed by atoms with van der Waals surface area (Å²) in [5, 5.41) is 0. The van der Waals surface area contributed by atoms with Crippen LogP contribution >= 0.6 is 0 Å². The molecule has 5 aromatic rings. The van der Waals surface area contributed by atoms with E-state index in [0.717, 1.165) is 47.2 Å². The van der Waals surface area contributed by atoms with Crippen LogP contribution in [0.3, 0.4) is 0 Å². The summed E-state index contributed by atoms with van der Waals surface area (Å²) in [5.41, 5.74) is 6.36. The third-order valence-corrected chi connectivity index (χ3v) is 12.0. The molecule has 0 atom stereocenters. The van der Waals surface area contributed by atoms with Gasteiger partial charge in [-0.1, -0.05) is 211 Å². The second kappa shape index (κ2) is 35.1. The molecule has 9 heteroatoms. The monoisotopic (exact) mass is 1010 g/mol. The van der Waals surface area contributed by atoms with E-state index < -0.39 is 0 Å². The van der Waals surface area contributed by atoms with Crippen LogP contribution in [0.2, 0.25) is 0 Å². The third kappa shape index (κ3) is 19.6. The average Bonchev–Trinajstić information content (AvgIpc) is 3.79. The van der Waals surface area contributed by atoms with E-state index in [1.165, 1.54) is 191 Å². The zero-order chi connectivity index (χ0) is 38.9. The van der Waals surface area contributed by atoms with Crippen molar-refractivity contribution in [1.82, 2.24) is 24.1 Å². The minimum Gasteiger partial charge on any atom is -1.00 e. The van der Waals surface area contributed by atoms with E-state index in [4.69, 9.17) is 15.0 Å². The molecular weight excluding hydrogens is 933 g/mol. The van der Waals surface area contributed by atoms with Crippen molar-refractivity contribution >= 4 is 22.1 Å². The first kappa shape index (κ1) is 56.8. The molecule has 5 rings (SSSR count). The Kier molecular flexibility index (Phi) is 33.2. The molecule has 0 amide bonds. The molecule has 0 saturated heterocycles. The van der Waals surface area contributed by atoms with E-state index in [2.05, 4.69) is 89.7 Å². The Labute approximate surface area is 417 Å². The summed E-state index contributed by atoms with van der Waals surface area (Å²) >= 11 is 0. The Morgan fingerprint density at radius 1 is 0.333 bits per heavy atom. The quantitative estimate of drug-likeness (QED) is 0.0433. The maximum absolute atomic E-state index is 5.29. The number of hydrogen-bond acceptors (Lipinski definition) is 3. The van der Waals surface area contributed by atoms with Crippen molar-refractivity contribution in [3.05, 3.63) is 66.7 Å². The van der Waals surface area contributed by atoms with E-state index in [9.17, 15) is 0 Å². The number of aryl methyl sites for hydroxylation is 2. The first-order chi connectivity index (χ1) is 27.8. The van der Waals surface area contributed by atoms with Gasteiger partial charge in [0.05, 0.1) is 22.1 Å². The molecule has 0 bridgehead atoms. The maximum atomic E-state index is 5.29. The number of halogens is 3.